The van der Waals surface area contributed by atoms with Crippen molar-refractivity contribution in [1.29, 1.82) is 0 Å². The molecular formula is C19H25N3O5S. The Kier molecular flexibility index (Phi) is 6.63. The fraction of sp³-hybridized carbons (Fsp3) is 0.368. The molecule has 0 aliphatic heterocycles. The molecule has 2 aromatic rings. The van der Waals surface area contributed by atoms with Crippen LogP contribution < -0.4 is 5.32 Å². The van der Waals surface area contributed by atoms with Crippen molar-refractivity contribution in [2.45, 2.75) is 25.7 Å². The number of rotatable bonds is 7. The molecule has 1 amide bonds. The highest BCUT2D eigenvalue weighted by molar-refractivity contribution is 7.89. The zero-order valence-electron chi connectivity index (χ0n) is 16.6. The number of anilines is 1. The Labute approximate surface area is 165 Å². The lowest BCUT2D eigenvalue weighted by Gasteiger charge is -2.16. The molecule has 1 aromatic heterocycles. The first kappa shape index (κ1) is 21.6. The second-order valence-corrected chi connectivity index (χ2v) is 8.56. The molecule has 0 aliphatic rings. The van der Waals surface area contributed by atoms with Crippen molar-refractivity contribution in [3.05, 3.63) is 47.3 Å². The highest BCUT2D eigenvalue weighted by atomic mass is 32.2. The van der Waals surface area contributed by atoms with Crippen molar-refractivity contribution in [3.8, 4) is 0 Å². The van der Waals surface area contributed by atoms with E-state index >= 15 is 0 Å². The number of hydrogen-bond acceptors (Lipinski definition) is 5. The molecule has 0 spiro atoms. The maximum Gasteiger partial charge on any atom is 0.354 e. The molecule has 152 valence electrons. The van der Waals surface area contributed by atoms with Gasteiger partial charge in [-0.05, 0) is 38.5 Å². The van der Waals surface area contributed by atoms with Crippen LogP contribution in [0, 0.1) is 13.8 Å². The van der Waals surface area contributed by atoms with Crippen LogP contribution >= 0.6 is 0 Å². The van der Waals surface area contributed by atoms with Crippen LogP contribution in [0.4, 0.5) is 5.69 Å². The lowest BCUT2D eigenvalue weighted by Crippen LogP contribution is -2.35. The molecule has 0 saturated heterocycles. The summed E-state index contributed by atoms with van der Waals surface area (Å²) in [7, 11) is -1.08. The second-order valence-electron chi connectivity index (χ2n) is 6.52. The highest BCUT2D eigenvalue weighted by Gasteiger charge is 2.26. The number of esters is 1. The summed E-state index contributed by atoms with van der Waals surface area (Å²) in [5, 5.41) is 2.72. The molecule has 1 aromatic carbocycles. The third-order valence-corrected chi connectivity index (χ3v) is 5.96. The first-order chi connectivity index (χ1) is 13.1. The summed E-state index contributed by atoms with van der Waals surface area (Å²) in [6.07, 6.45) is 1.32. The Morgan fingerprint density at radius 1 is 1.21 bits per heavy atom. The van der Waals surface area contributed by atoms with Gasteiger partial charge < -0.3 is 14.6 Å². The molecule has 2 rings (SSSR count). The number of carbonyl (C=O) groups excluding carboxylic acids is 2. The molecule has 0 atom stereocenters. The molecule has 8 nitrogen and oxygen atoms in total. The van der Waals surface area contributed by atoms with Gasteiger partial charge in [0, 0.05) is 26.0 Å². The lowest BCUT2D eigenvalue weighted by atomic mass is 10.1. The number of nitrogens with one attached hydrogen (secondary N) is 1. The van der Waals surface area contributed by atoms with Crippen LogP contribution in [0.15, 0.2) is 35.4 Å². The number of sulfonamides is 1. The van der Waals surface area contributed by atoms with Crippen LogP contribution in [-0.4, -0.2) is 49.4 Å². The second kappa shape index (κ2) is 8.57. The summed E-state index contributed by atoms with van der Waals surface area (Å²) in [5.74, 6) is -1.07. The quantitative estimate of drug-likeness (QED) is 0.709. The van der Waals surface area contributed by atoms with Crippen molar-refractivity contribution >= 4 is 27.6 Å². The average molecular weight is 407 g/mol. The first-order valence-electron chi connectivity index (χ1n) is 8.73. The van der Waals surface area contributed by atoms with Crippen molar-refractivity contribution in [3.63, 3.8) is 0 Å². The van der Waals surface area contributed by atoms with Crippen LogP contribution in [0.1, 0.15) is 28.5 Å². The standard InChI is InChI=1S/C19H25N3O5S/c1-6-27-19(24)17-10-15(11-21(17)4)28(25,26)22(5)12-18(23)20-16-8-7-13(2)9-14(16)3/h7-11H,6,12H2,1-5H3,(H,20,23). The van der Waals surface area contributed by atoms with Crippen molar-refractivity contribution < 1.29 is 22.7 Å². The van der Waals surface area contributed by atoms with Crippen LogP contribution in [0.3, 0.4) is 0 Å². The van der Waals surface area contributed by atoms with Gasteiger partial charge in [0.25, 0.3) is 0 Å². The van der Waals surface area contributed by atoms with E-state index in [1.165, 1.54) is 23.9 Å². The third kappa shape index (κ3) is 4.79. The Morgan fingerprint density at radius 3 is 2.50 bits per heavy atom. The van der Waals surface area contributed by atoms with Crippen LogP contribution in [-0.2, 0) is 26.6 Å². The average Bonchev–Trinajstić information content (AvgIpc) is 3.00. The summed E-state index contributed by atoms with van der Waals surface area (Å²) in [4.78, 5) is 24.1. The van der Waals surface area contributed by atoms with E-state index in [1.54, 1.807) is 20.0 Å². The normalized spacial score (nSPS) is 11.5. The van der Waals surface area contributed by atoms with Gasteiger partial charge in [-0.3, -0.25) is 4.79 Å². The number of aromatic nitrogens is 1. The highest BCUT2D eigenvalue weighted by Crippen LogP contribution is 2.19. The SMILES string of the molecule is CCOC(=O)c1cc(S(=O)(=O)N(C)CC(=O)Nc2ccc(C)cc2C)cn1C. The Hall–Kier alpha value is -2.65. The minimum absolute atomic E-state index is 0.0835. The van der Waals surface area contributed by atoms with Gasteiger partial charge in [-0.1, -0.05) is 17.7 Å². The first-order valence-corrected chi connectivity index (χ1v) is 10.2. The maximum atomic E-state index is 12.8. The van der Waals surface area contributed by atoms with E-state index < -0.39 is 21.9 Å². The molecule has 1 N–H and O–H groups in total. The minimum atomic E-state index is -3.95. The molecule has 0 unspecified atom stereocenters. The predicted molar refractivity (Wildman–Crippen MR) is 106 cm³/mol. The molecule has 1 heterocycles. The van der Waals surface area contributed by atoms with Crippen molar-refractivity contribution in [2.75, 3.05) is 25.5 Å². The van der Waals surface area contributed by atoms with Gasteiger partial charge in [0.2, 0.25) is 15.9 Å². The van der Waals surface area contributed by atoms with Gasteiger partial charge in [0.15, 0.2) is 0 Å². The number of aryl methyl sites for hydroxylation is 3. The number of amides is 1. The molecule has 0 fully saturated rings. The largest absolute Gasteiger partial charge is 0.461 e. The van der Waals surface area contributed by atoms with Crippen molar-refractivity contribution in [1.82, 2.24) is 8.87 Å². The molecule has 0 radical (unpaired) electrons. The van der Waals surface area contributed by atoms with Crippen molar-refractivity contribution in [2.24, 2.45) is 7.05 Å². The number of likely N-dealkylation sites (N-methyl/N-ethyl adjacent to an activating group) is 1. The summed E-state index contributed by atoms with van der Waals surface area (Å²) < 4.78 is 32.8. The minimum Gasteiger partial charge on any atom is -0.461 e. The van der Waals surface area contributed by atoms with E-state index in [9.17, 15) is 18.0 Å². The van der Waals surface area contributed by atoms with Crippen LogP contribution in [0.2, 0.25) is 0 Å². The summed E-state index contributed by atoms with van der Waals surface area (Å²) in [6.45, 7) is 5.30. The number of nitrogens with zero attached hydrogens (tertiary/aromatic N) is 2. The molecule has 0 bridgehead atoms. The van der Waals surface area contributed by atoms with Gasteiger partial charge in [-0.15, -0.1) is 0 Å². The number of hydrogen-bond donors (Lipinski definition) is 1. The fourth-order valence-electron chi connectivity index (χ4n) is 2.69. The lowest BCUT2D eigenvalue weighted by molar-refractivity contribution is -0.116. The maximum absolute atomic E-state index is 12.8. The van der Waals surface area contributed by atoms with E-state index in [-0.39, 0.29) is 23.7 Å². The smallest absolute Gasteiger partial charge is 0.354 e. The Bertz CT molecular complexity index is 995. The van der Waals surface area contributed by atoms with Crippen LogP contribution in [0.5, 0.6) is 0 Å². The van der Waals surface area contributed by atoms with E-state index in [1.807, 2.05) is 26.0 Å². The molecule has 0 aliphatic carbocycles. The van der Waals surface area contributed by atoms with Gasteiger partial charge in [-0.2, -0.15) is 4.31 Å². The molecule has 28 heavy (non-hydrogen) atoms. The van der Waals surface area contributed by atoms with Gasteiger partial charge >= 0.3 is 5.97 Å². The third-order valence-electron chi connectivity index (χ3n) is 4.19. The Balaban J connectivity index is 2.14. The predicted octanol–water partition coefficient (Wildman–Crippen LogP) is 2.08. The molecule has 9 heteroatoms. The summed E-state index contributed by atoms with van der Waals surface area (Å²) in [5.41, 5.74) is 2.71. The zero-order chi connectivity index (χ0) is 21.1. The van der Waals surface area contributed by atoms with E-state index in [0.717, 1.165) is 15.4 Å². The monoisotopic (exact) mass is 407 g/mol. The molecular weight excluding hydrogens is 382 g/mol. The zero-order valence-corrected chi connectivity index (χ0v) is 17.5. The summed E-state index contributed by atoms with van der Waals surface area (Å²) in [6, 6.07) is 6.81. The van der Waals surface area contributed by atoms with E-state index in [2.05, 4.69) is 5.32 Å². The number of ether oxygens (including phenoxy) is 1. The Morgan fingerprint density at radius 2 is 1.89 bits per heavy atom. The van der Waals surface area contributed by atoms with Gasteiger partial charge in [0.1, 0.15) is 10.6 Å². The summed E-state index contributed by atoms with van der Waals surface area (Å²) >= 11 is 0. The van der Waals surface area contributed by atoms with E-state index in [4.69, 9.17) is 4.74 Å². The van der Waals surface area contributed by atoms with E-state index in [0.29, 0.717) is 5.69 Å². The van der Waals surface area contributed by atoms with Gasteiger partial charge in [-0.25, -0.2) is 13.2 Å². The number of benzene rings is 1. The number of carbonyl (C=O) groups is 2. The molecule has 0 saturated carbocycles. The topological polar surface area (TPSA) is 97.7 Å². The van der Waals surface area contributed by atoms with Gasteiger partial charge in [0.05, 0.1) is 13.2 Å². The van der Waals surface area contributed by atoms with Crippen LogP contribution in [0.25, 0.3) is 0 Å². The fourth-order valence-corrected chi connectivity index (χ4v) is 3.89.